The van der Waals surface area contributed by atoms with E-state index in [1.54, 1.807) is 16.7 Å². The summed E-state index contributed by atoms with van der Waals surface area (Å²) >= 11 is 0. The summed E-state index contributed by atoms with van der Waals surface area (Å²) in [6.07, 6.45) is 1.97. The Balaban J connectivity index is 1.56. The van der Waals surface area contributed by atoms with Gasteiger partial charge in [-0.2, -0.15) is 5.10 Å². The van der Waals surface area contributed by atoms with Crippen molar-refractivity contribution in [2.45, 2.75) is 40.0 Å². The van der Waals surface area contributed by atoms with Crippen LogP contribution in [0.2, 0.25) is 0 Å². The number of benzene rings is 3. The maximum atomic E-state index is 13.3. The lowest BCUT2D eigenvalue weighted by molar-refractivity contribution is -0.134. The molecule has 0 fully saturated rings. The highest BCUT2D eigenvalue weighted by Gasteiger charge is 2.20. The fourth-order valence-corrected chi connectivity index (χ4v) is 4.47. The molecule has 0 unspecified atom stereocenters. The lowest BCUT2D eigenvalue weighted by Gasteiger charge is -2.22. The number of amides is 2. The van der Waals surface area contributed by atoms with E-state index in [4.69, 9.17) is 9.84 Å². The number of hydrogen-bond acceptors (Lipinski definition) is 4. The van der Waals surface area contributed by atoms with Crippen LogP contribution in [-0.4, -0.2) is 46.7 Å². The topological polar surface area (TPSA) is 76.5 Å². The molecule has 7 heteroatoms. The van der Waals surface area contributed by atoms with E-state index in [0.29, 0.717) is 12.4 Å². The fraction of sp³-hybridized carbons (Fsp3) is 0.281. The summed E-state index contributed by atoms with van der Waals surface area (Å²) in [4.78, 5) is 28.2. The van der Waals surface area contributed by atoms with Gasteiger partial charge in [0.2, 0.25) is 11.8 Å². The summed E-state index contributed by atoms with van der Waals surface area (Å²) in [5.74, 6) is 0.948. The van der Waals surface area contributed by atoms with Gasteiger partial charge >= 0.3 is 0 Å². The highest BCUT2D eigenvalue weighted by molar-refractivity contribution is 5.95. The highest BCUT2D eigenvalue weighted by atomic mass is 16.5. The zero-order valence-corrected chi connectivity index (χ0v) is 23.1. The standard InChI is InChI=1S/C32H36N4O3/c1-5-6-18-35(32(38)20-25-13-15-27(39-4)16-14-25)22-31(37)33-30-21-28(26-10-8-7-9-11-26)34-36(30)29-17-12-23(2)19-24(29)3/h7-17,19,21H,5-6,18,20,22H2,1-4H3,(H,33,37). The summed E-state index contributed by atoms with van der Waals surface area (Å²) < 4.78 is 6.98. The van der Waals surface area contributed by atoms with Gasteiger partial charge in [0.1, 0.15) is 11.6 Å². The average Bonchev–Trinajstić information content (AvgIpc) is 3.35. The molecule has 0 aliphatic heterocycles. The van der Waals surface area contributed by atoms with E-state index in [1.165, 1.54) is 0 Å². The fourth-order valence-electron chi connectivity index (χ4n) is 4.47. The zero-order chi connectivity index (χ0) is 27.8. The number of unbranched alkanes of at least 4 members (excludes halogenated alkanes) is 1. The number of hydrogen-bond donors (Lipinski definition) is 1. The normalized spacial score (nSPS) is 10.8. The van der Waals surface area contributed by atoms with Gasteiger partial charge in [0.25, 0.3) is 0 Å². The first-order valence-corrected chi connectivity index (χ1v) is 13.3. The molecule has 0 atom stereocenters. The molecule has 1 heterocycles. The number of methoxy groups -OCH3 is 1. The number of carbonyl (C=O) groups excluding carboxylic acids is 2. The van der Waals surface area contributed by atoms with E-state index in [0.717, 1.165) is 52.2 Å². The van der Waals surface area contributed by atoms with Gasteiger partial charge in [0.15, 0.2) is 0 Å². The van der Waals surface area contributed by atoms with Gasteiger partial charge < -0.3 is 15.0 Å². The molecule has 0 bridgehead atoms. The van der Waals surface area contributed by atoms with Crippen LogP contribution in [0.4, 0.5) is 5.82 Å². The Bertz CT molecular complexity index is 1410. The van der Waals surface area contributed by atoms with Gasteiger partial charge in [-0.05, 0) is 49.6 Å². The molecule has 0 spiro atoms. The molecule has 0 aliphatic rings. The first kappa shape index (κ1) is 27.6. The molecule has 7 nitrogen and oxygen atoms in total. The minimum atomic E-state index is -0.264. The first-order valence-electron chi connectivity index (χ1n) is 13.3. The third-order valence-electron chi connectivity index (χ3n) is 6.61. The number of anilines is 1. The molecule has 2 amide bonds. The van der Waals surface area contributed by atoms with Gasteiger partial charge in [0.05, 0.1) is 31.5 Å². The molecule has 0 saturated heterocycles. The van der Waals surface area contributed by atoms with Crippen LogP contribution in [0.1, 0.15) is 36.5 Å². The Hall–Kier alpha value is -4.39. The lowest BCUT2D eigenvalue weighted by atomic mass is 10.1. The molecule has 0 saturated carbocycles. The van der Waals surface area contributed by atoms with Gasteiger partial charge in [-0.25, -0.2) is 4.68 Å². The smallest absolute Gasteiger partial charge is 0.245 e. The van der Waals surface area contributed by atoms with Gasteiger partial charge in [-0.15, -0.1) is 0 Å². The zero-order valence-electron chi connectivity index (χ0n) is 23.1. The Kier molecular flexibility index (Phi) is 9.15. The van der Waals surface area contributed by atoms with Gasteiger partial charge in [-0.3, -0.25) is 9.59 Å². The number of nitrogens with one attached hydrogen (secondary N) is 1. The Morgan fingerprint density at radius 3 is 2.38 bits per heavy atom. The Labute approximate surface area is 230 Å². The third-order valence-corrected chi connectivity index (χ3v) is 6.61. The maximum absolute atomic E-state index is 13.3. The monoisotopic (exact) mass is 524 g/mol. The quantitative estimate of drug-likeness (QED) is 0.262. The van der Waals surface area contributed by atoms with Crippen molar-refractivity contribution >= 4 is 17.6 Å². The average molecular weight is 525 g/mol. The molecule has 202 valence electrons. The van der Waals surface area contributed by atoms with Crippen LogP contribution >= 0.6 is 0 Å². The molecule has 0 aliphatic carbocycles. The minimum absolute atomic E-state index is 0.0340. The number of aryl methyl sites for hydroxylation is 2. The van der Waals surface area contributed by atoms with E-state index < -0.39 is 0 Å². The molecule has 3 aromatic carbocycles. The number of nitrogens with zero attached hydrogens (tertiary/aromatic N) is 3. The highest BCUT2D eigenvalue weighted by Crippen LogP contribution is 2.26. The molecule has 4 rings (SSSR count). The minimum Gasteiger partial charge on any atom is -0.497 e. The van der Waals surface area contributed by atoms with Crippen LogP contribution in [0.25, 0.3) is 16.9 Å². The van der Waals surface area contributed by atoms with Crippen LogP contribution < -0.4 is 10.1 Å². The summed E-state index contributed by atoms with van der Waals surface area (Å²) in [5, 5.41) is 7.87. The molecule has 0 radical (unpaired) electrons. The maximum Gasteiger partial charge on any atom is 0.245 e. The molecular weight excluding hydrogens is 488 g/mol. The Morgan fingerprint density at radius 1 is 0.974 bits per heavy atom. The second kappa shape index (κ2) is 12.9. The van der Waals surface area contributed by atoms with Crippen molar-refractivity contribution in [2.24, 2.45) is 0 Å². The van der Waals surface area contributed by atoms with E-state index in [9.17, 15) is 9.59 Å². The molecule has 1 aromatic heterocycles. The Morgan fingerprint density at radius 2 is 1.72 bits per heavy atom. The van der Waals surface area contributed by atoms with Gasteiger partial charge in [-0.1, -0.05) is 73.5 Å². The van der Waals surface area contributed by atoms with Crippen molar-refractivity contribution in [1.82, 2.24) is 14.7 Å². The summed E-state index contributed by atoms with van der Waals surface area (Å²) in [5.41, 5.74) is 5.67. The van der Waals surface area contributed by atoms with Crippen LogP contribution in [0, 0.1) is 13.8 Å². The van der Waals surface area contributed by atoms with Crippen LogP contribution in [0.3, 0.4) is 0 Å². The van der Waals surface area contributed by atoms with E-state index >= 15 is 0 Å². The van der Waals surface area contributed by atoms with Crippen molar-refractivity contribution in [2.75, 3.05) is 25.5 Å². The van der Waals surface area contributed by atoms with Crippen molar-refractivity contribution in [3.8, 4) is 22.7 Å². The van der Waals surface area contributed by atoms with Crippen molar-refractivity contribution < 1.29 is 14.3 Å². The van der Waals surface area contributed by atoms with Crippen molar-refractivity contribution in [3.05, 3.63) is 95.6 Å². The predicted molar refractivity (Wildman–Crippen MR) is 155 cm³/mol. The first-order chi connectivity index (χ1) is 18.9. The van der Waals surface area contributed by atoms with Crippen molar-refractivity contribution in [3.63, 3.8) is 0 Å². The number of carbonyl (C=O) groups is 2. The SMILES string of the molecule is CCCCN(CC(=O)Nc1cc(-c2ccccc2)nn1-c1ccc(C)cc1C)C(=O)Cc1ccc(OC)cc1. The van der Waals surface area contributed by atoms with Crippen LogP contribution in [0.5, 0.6) is 5.75 Å². The van der Waals surface area contributed by atoms with Gasteiger partial charge in [0, 0.05) is 18.2 Å². The number of rotatable bonds is 11. The second-order valence-electron chi connectivity index (χ2n) is 9.72. The van der Waals surface area contributed by atoms with Crippen LogP contribution in [0.15, 0.2) is 78.9 Å². The summed E-state index contributed by atoms with van der Waals surface area (Å²) in [6.45, 7) is 6.63. The molecule has 39 heavy (non-hydrogen) atoms. The molecular formula is C32H36N4O3. The number of aromatic nitrogens is 2. The second-order valence-corrected chi connectivity index (χ2v) is 9.72. The van der Waals surface area contributed by atoms with E-state index in [1.807, 2.05) is 86.6 Å². The van der Waals surface area contributed by atoms with E-state index in [2.05, 4.69) is 18.3 Å². The predicted octanol–water partition coefficient (Wildman–Crippen LogP) is 5.97. The molecule has 4 aromatic rings. The third kappa shape index (κ3) is 7.13. The summed E-state index contributed by atoms with van der Waals surface area (Å²) in [7, 11) is 1.61. The lowest BCUT2D eigenvalue weighted by Crippen LogP contribution is -2.39. The van der Waals surface area contributed by atoms with E-state index in [-0.39, 0.29) is 24.8 Å². The number of ether oxygens (including phenoxy) is 1. The largest absolute Gasteiger partial charge is 0.497 e. The molecule has 1 N–H and O–H groups in total. The van der Waals surface area contributed by atoms with Crippen LogP contribution in [-0.2, 0) is 16.0 Å². The summed E-state index contributed by atoms with van der Waals surface area (Å²) in [6, 6.07) is 25.3. The van der Waals surface area contributed by atoms with Crippen molar-refractivity contribution in [1.29, 1.82) is 0 Å².